The molecule has 0 atom stereocenters. The smallest absolute Gasteiger partial charge is 0.433 e. The summed E-state index contributed by atoms with van der Waals surface area (Å²) in [6.07, 6.45) is 0.824. The van der Waals surface area contributed by atoms with Gasteiger partial charge in [-0.05, 0) is 69.0 Å². The van der Waals surface area contributed by atoms with Crippen molar-refractivity contribution in [2.45, 2.75) is 51.6 Å². The number of methoxy groups -OCH3 is 1. The molecule has 13 heteroatoms. The number of aromatic amines is 1. The van der Waals surface area contributed by atoms with Crippen molar-refractivity contribution < 1.29 is 32.5 Å². The number of fused-ring (bicyclic) bond motifs is 1. The van der Waals surface area contributed by atoms with Gasteiger partial charge in [-0.1, -0.05) is 12.8 Å². The number of carboxylic acids is 1. The number of carbonyl (C=O) groups is 1. The van der Waals surface area contributed by atoms with Gasteiger partial charge in [0.15, 0.2) is 5.65 Å². The van der Waals surface area contributed by atoms with E-state index in [1.165, 1.54) is 6.07 Å². The van der Waals surface area contributed by atoms with Gasteiger partial charge in [0.25, 0.3) is 0 Å². The molecule has 48 heavy (non-hydrogen) atoms. The molecule has 1 saturated heterocycles. The highest BCUT2D eigenvalue weighted by molar-refractivity contribution is 5.91. The predicted octanol–water partition coefficient (Wildman–Crippen LogP) is 7.05. The largest absolute Gasteiger partial charge is 0.481 e. The highest BCUT2D eigenvalue weighted by atomic mass is 19.4. The minimum atomic E-state index is -4.67. The first-order chi connectivity index (χ1) is 23.0. The normalized spacial score (nSPS) is 16.8. The molecule has 2 N–H and O–H groups in total. The van der Waals surface area contributed by atoms with E-state index in [4.69, 9.17) is 19.4 Å². The molecule has 2 aliphatic rings. The van der Waals surface area contributed by atoms with Gasteiger partial charge in [-0.15, -0.1) is 0 Å². The van der Waals surface area contributed by atoms with Crippen molar-refractivity contribution in [1.29, 1.82) is 0 Å². The molecule has 256 valence electrons. The van der Waals surface area contributed by atoms with E-state index < -0.39 is 17.8 Å². The molecule has 1 aliphatic heterocycles. The quantitative estimate of drug-likeness (QED) is 0.174. The van der Waals surface area contributed by atoms with E-state index in [1.54, 1.807) is 20.1 Å². The van der Waals surface area contributed by atoms with E-state index in [2.05, 4.69) is 19.8 Å². The fourth-order valence-corrected chi connectivity index (χ4v) is 7.16. The predicted molar refractivity (Wildman–Crippen MR) is 177 cm³/mol. The maximum atomic E-state index is 13.9. The van der Waals surface area contributed by atoms with Gasteiger partial charge in [-0.25, -0.2) is 15.0 Å². The Morgan fingerprint density at radius 3 is 2.40 bits per heavy atom. The third-order valence-electron chi connectivity index (χ3n) is 9.57. The van der Waals surface area contributed by atoms with E-state index in [0.29, 0.717) is 61.8 Å². The number of anilines is 2. The molecule has 4 heterocycles. The Hall–Kier alpha value is -4.39. The molecule has 2 fully saturated rings. The number of pyridine rings is 2. The summed E-state index contributed by atoms with van der Waals surface area (Å²) in [5, 5.41) is 9.34. The van der Waals surface area contributed by atoms with Crippen LogP contribution in [0.3, 0.4) is 0 Å². The summed E-state index contributed by atoms with van der Waals surface area (Å²) in [5.74, 6) is -0.599. The highest BCUT2D eigenvalue weighted by Gasteiger charge is 2.36. The molecule has 1 saturated carbocycles. The monoisotopic (exact) mass is 666 g/mol. The number of carboxylic acid groups (broad SMARTS) is 1. The molecular formula is C35H41F3N6O4. The first-order valence-corrected chi connectivity index (χ1v) is 16.4. The molecule has 10 nitrogen and oxygen atoms in total. The lowest BCUT2D eigenvalue weighted by Crippen LogP contribution is -2.37. The average Bonchev–Trinajstić information content (AvgIpc) is 3.71. The van der Waals surface area contributed by atoms with Crippen LogP contribution in [-0.4, -0.2) is 78.0 Å². The number of aromatic nitrogens is 4. The van der Waals surface area contributed by atoms with Crippen molar-refractivity contribution in [3.8, 4) is 28.5 Å². The summed E-state index contributed by atoms with van der Waals surface area (Å²) < 4.78 is 52.7. The minimum absolute atomic E-state index is 0.0425. The van der Waals surface area contributed by atoms with Gasteiger partial charge in [-0.3, -0.25) is 4.79 Å². The summed E-state index contributed by atoms with van der Waals surface area (Å²) in [5.41, 5.74) is 3.09. The van der Waals surface area contributed by atoms with Crippen molar-refractivity contribution in [1.82, 2.24) is 19.9 Å². The number of ether oxygens (including phenoxy) is 2. The van der Waals surface area contributed by atoms with Gasteiger partial charge < -0.3 is 29.4 Å². The van der Waals surface area contributed by atoms with Gasteiger partial charge in [-0.2, -0.15) is 13.2 Å². The number of alkyl halides is 3. The Morgan fingerprint density at radius 2 is 1.77 bits per heavy atom. The number of hydrogen-bond donors (Lipinski definition) is 2. The van der Waals surface area contributed by atoms with Crippen LogP contribution in [0.1, 0.15) is 51.1 Å². The zero-order valence-electron chi connectivity index (χ0n) is 27.4. The summed E-state index contributed by atoms with van der Waals surface area (Å²) in [6, 6.07) is 12.2. The topological polar surface area (TPSA) is 117 Å². The van der Waals surface area contributed by atoms with Crippen LogP contribution in [0.25, 0.3) is 33.8 Å². The fourth-order valence-electron chi connectivity index (χ4n) is 7.16. The Balaban J connectivity index is 1.39. The number of aliphatic carboxylic acids is 1. The number of rotatable bonds is 11. The van der Waals surface area contributed by atoms with E-state index in [-0.39, 0.29) is 29.4 Å². The Bertz CT molecular complexity index is 1750. The number of imidazole rings is 1. The second kappa shape index (κ2) is 13.6. The first kappa shape index (κ1) is 33.5. The maximum Gasteiger partial charge on any atom is 0.433 e. The summed E-state index contributed by atoms with van der Waals surface area (Å²) in [4.78, 5) is 32.4. The van der Waals surface area contributed by atoms with Crippen molar-refractivity contribution in [2.24, 2.45) is 11.3 Å². The maximum absolute atomic E-state index is 13.9. The first-order valence-electron chi connectivity index (χ1n) is 16.4. The van der Waals surface area contributed by atoms with Crippen molar-refractivity contribution in [3.05, 3.63) is 48.2 Å². The Morgan fingerprint density at radius 1 is 1.06 bits per heavy atom. The number of hydrogen-bond acceptors (Lipinski definition) is 8. The lowest BCUT2D eigenvalue weighted by Gasteiger charge is -2.34. The average molecular weight is 667 g/mol. The van der Waals surface area contributed by atoms with Crippen LogP contribution in [0.5, 0.6) is 5.88 Å². The Kier molecular flexibility index (Phi) is 9.50. The zero-order valence-corrected chi connectivity index (χ0v) is 27.4. The third kappa shape index (κ3) is 7.06. The molecule has 0 bridgehead atoms. The van der Waals surface area contributed by atoms with E-state index in [0.717, 1.165) is 48.7 Å². The second-order valence-corrected chi connectivity index (χ2v) is 13.0. The fraction of sp³-hybridized carbons (Fsp3) is 0.486. The molecule has 0 amide bonds. The molecule has 0 radical (unpaired) electrons. The number of piperidine rings is 1. The number of halogens is 3. The van der Waals surface area contributed by atoms with Crippen LogP contribution in [0.4, 0.5) is 24.5 Å². The number of H-pyrrole nitrogens is 1. The zero-order chi connectivity index (χ0) is 34.1. The van der Waals surface area contributed by atoms with E-state index in [9.17, 15) is 23.1 Å². The Labute approximate surface area is 277 Å². The van der Waals surface area contributed by atoms with Crippen molar-refractivity contribution >= 4 is 28.5 Å². The molecule has 1 aromatic carbocycles. The van der Waals surface area contributed by atoms with Crippen LogP contribution in [0.15, 0.2) is 42.5 Å². The molecule has 1 aliphatic carbocycles. The SMILES string of the molecule is CCOc1cc(-c2cc(N(C)CC3(COC)CCCC3)c3[nH]c(-c4ccc(N5CCC(C(=O)O)CC5)cc4)nc3n2)cc(C(F)(F)F)n1. The van der Waals surface area contributed by atoms with Crippen LogP contribution < -0.4 is 14.5 Å². The van der Waals surface area contributed by atoms with Gasteiger partial charge in [0.2, 0.25) is 5.88 Å². The number of nitrogens with one attached hydrogen (secondary N) is 1. The van der Waals surface area contributed by atoms with Gasteiger partial charge >= 0.3 is 12.1 Å². The van der Waals surface area contributed by atoms with E-state index in [1.807, 2.05) is 31.3 Å². The second-order valence-electron chi connectivity index (χ2n) is 13.0. The standard InChI is InChI=1S/C35H41F3N6O4/c1-4-48-29-18-24(17-28(40-29)35(36,37)38)26-19-27(43(2)20-34(21-47-3)13-5-6-14-34)30-32(39-26)42-31(41-30)22-7-9-25(10-8-22)44-15-11-23(12-16-44)33(45)46/h7-10,17-19,23H,4-6,11-16,20-21H2,1-3H3,(H,45,46)(H,39,41,42). The van der Waals surface area contributed by atoms with Gasteiger partial charge in [0.1, 0.15) is 17.0 Å². The molecule has 0 unspecified atom stereocenters. The van der Waals surface area contributed by atoms with Gasteiger partial charge in [0.05, 0.1) is 30.5 Å². The van der Waals surface area contributed by atoms with Gasteiger partial charge in [0, 0.05) is 62.1 Å². The van der Waals surface area contributed by atoms with Crippen LogP contribution in [0.2, 0.25) is 0 Å². The van der Waals surface area contributed by atoms with Crippen LogP contribution >= 0.6 is 0 Å². The molecule has 6 rings (SSSR count). The van der Waals surface area contributed by atoms with Crippen LogP contribution in [-0.2, 0) is 15.7 Å². The molecule has 0 spiro atoms. The summed E-state index contributed by atoms with van der Waals surface area (Å²) in [7, 11) is 3.70. The summed E-state index contributed by atoms with van der Waals surface area (Å²) >= 11 is 0. The number of benzene rings is 1. The van der Waals surface area contributed by atoms with Crippen molar-refractivity contribution in [2.75, 3.05) is 56.8 Å². The summed E-state index contributed by atoms with van der Waals surface area (Å²) in [6.45, 7) is 4.50. The molecule has 3 aromatic heterocycles. The molecule has 4 aromatic rings. The number of nitrogens with zero attached hydrogens (tertiary/aromatic N) is 5. The third-order valence-corrected chi connectivity index (χ3v) is 9.57. The minimum Gasteiger partial charge on any atom is -0.481 e. The van der Waals surface area contributed by atoms with Crippen LogP contribution in [0, 0.1) is 11.3 Å². The van der Waals surface area contributed by atoms with E-state index >= 15 is 0 Å². The highest BCUT2D eigenvalue weighted by Crippen LogP contribution is 2.41. The lowest BCUT2D eigenvalue weighted by atomic mass is 9.86. The molecular weight excluding hydrogens is 625 g/mol. The van der Waals surface area contributed by atoms with Crippen molar-refractivity contribution in [3.63, 3.8) is 0 Å². The lowest BCUT2D eigenvalue weighted by molar-refractivity contribution is -0.142.